The molecule has 0 unspecified atom stereocenters. The molecule has 0 aliphatic carbocycles. The highest BCUT2D eigenvalue weighted by atomic mass is 79.9. The Balaban J connectivity index is 1.53. The number of hydrogen-bond acceptors (Lipinski definition) is 7. The van der Waals surface area contributed by atoms with Crippen LogP contribution in [0.15, 0.2) is 71.5 Å². The maximum absolute atomic E-state index is 13.4. The number of likely N-dealkylation sites (tertiary alicyclic amines) is 1. The van der Waals surface area contributed by atoms with E-state index in [0.29, 0.717) is 23.1 Å². The zero-order valence-electron chi connectivity index (χ0n) is 19.7. The van der Waals surface area contributed by atoms with Crippen LogP contribution in [-0.4, -0.2) is 44.6 Å². The highest BCUT2D eigenvalue weighted by molar-refractivity contribution is 9.10. The fraction of sp³-hybridized carbons (Fsp3) is 0.185. The molecule has 186 valence electrons. The van der Waals surface area contributed by atoms with Gasteiger partial charge in [-0.1, -0.05) is 46.3 Å². The third kappa shape index (κ3) is 5.05. The first-order valence-electron chi connectivity index (χ1n) is 11.8. The number of nitrogens with zero attached hydrogens (tertiary/aromatic N) is 4. The van der Waals surface area contributed by atoms with Gasteiger partial charge < -0.3 is 10.2 Å². The lowest BCUT2D eigenvalue weighted by atomic mass is 10.0. The van der Waals surface area contributed by atoms with Gasteiger partial charge in [0.25, 0.3) is 11.6 Å². The maximum Gasteiger partial charge on any atom is 0.294 e. The molecule has 9 nitrogen and oxygen atoms in total. The Labute approximate surface area is 220 Å². The second-order valence-corrected chi connectivity index (χ2v) is 9.64. The first-order valence-corrected chi connectivity index (χ1v) is 12.6. The molecule has 3 heterocycles. The van der Waals surface area contributed by atoms with E-state index in [4.69, 9.17) is 0 Å². The minimum Gasteiger partial charge on any atom is -0.339 e. The van der Waals surface area contributed by atoms with Crippen molar-refractivity contribution < 1.29 is 14.5 Å². The number of nitro groups is 1. The minimum atomic E-state index is -0.545. The van der Waals surface area contributed by atoms with Crippen molar-refractivity contribution in [1.29, 1.82) is 0 Å². The molecule has 10 heteroatoms. The zero-order chi connectivity index (χ0) is 25.9. The van der Waals surface area contributed by atoms with Crippen molar-refractivity contribution in [2.75, 3.05) is 18.4 Å². The molecule has 1 N–H and O–H groups in total. The summed E-state index contributed by atoms with van der Waals surface area (Å²) in [7, 11) is 0. The predicted molar refractivity (Wildman–Crippen MR) is 143 cm³/mol. The number of anilines is 2. The van der Waals surface area contributed by atoms with Crippen molar-refractivity contribution in [2.45, 2.75) is 19.3 Å². The van der Waals surface area contributed by atoms with Crippen molar-refractivity contribution in [1.82, 2.24) is 14.9 Å². The van der Waals surface area contributed by atoms with E-state index in [1.54, 1.807) is 35.4 Å². The van der Waals surface area contributed by atoms with Gasteiger partial charge in [-0.15, -0.1) is 0 Å². The lowest BCUT2D eigenvalue weighted by Gasteiger charge is -2.27. The molecule has 1 amide bonds. The average molecular weight is 560 g/mol. The van der Waals surface area contributed by atoms with Crippen LogP contribution in [0.2, 0.25) is 0 Å². The van der Waals surface area contributed by atoms with Crippen LogP contribution in [0.1, 0.15) is 45.7 Å². The number of carbonyl (C=O) groups is 2. The maximum atomic E-state index is 13.4. The molecular formula is C27H22BrN5O4. The number of nitrogens with one attached hydrogen (secondary N) is 1. The van der Waals surface area contributed by atoms with E-state index in [-0.39, 0.29) is 40.1 Å². The summed E-state index contributed by atoms with van der Waals surface area (Å²) in [5, 5.41) is 16.5. The fourth-order valence-electron chi connectivity index (χ4n) is 4.50. The number of piperidine rings is 1. The summed E-state index contributed by atoms with van der Waals surface area (Å²) in [6.07, 6.45) is 6.01. The number of hydrogen-bond donors (Lipinski definition) is 1. The second-order valence-electron chi connectivity index (χ2n) is 8.73. The van der Waals surface area contributed by atoms with E-state index in [1.165, 1.54) is 12.3 Å². The zero-order valence-corrected chi connectivity index (χ0v) is 21.3. The van der Waals surface area contributed by atoms with Crippen molar-refractivity contribution in [3.05, 3.63) is 98.4 Å². The third-order valence-corrected chi connectivity index (χ3v) is 6.76. The van der Waals surface area contributed by atoms with Crippen molar-refractivity contribution >= 4 is 55.6 Å². The van der Waals surface area contributed by atoms with Crippen LogP contribution in [0.5, 0.6) is 0 Å². The van der Waals surface area contributed by atoms with Gasteiger partial charge in [0.15, 0.2) is 0 Å². The van der Waals surface area contributed by atoms with Gasteiger partial charge in [-0.3, -0.25) is 24.7 Å². The first kappa shape index (κ1) is 24.5. The molecule has 4 aromatic rings. The van der Waals surface area contributed by atoms with Crippen LogP contribution in [-0.2, 0) is 0 Å². The highest BCUT2D eigenvalue weighted by Crippen LogP contribution is 2.35. The van der Waals surface area contributed by atoms with E-state index >= 15 is 0 Å². The van der Waals surface area contributed by atoms with Crippen LogP contribution in [0.3, 0.4) is 0 Å². The summed E-state index contributed by atoms with van der Waals surface area (Å²) in [4.78, 5) is 48.5. The standard InChI is InChI=1S/C27H22BrN5O4/c28-18-13-20(27(35)32-11-4-1-5-12-32)25(23(14-18)33(36)37)31-24-10-6-9-22(30-24)26(34)21-16-29-15-17-7-2-3-8-19(17)21/h2-3,6-10,13-16H,1,4-5,11-12H2,(H,30,31). The fourth-order valence-corrected chi connectivity index (χ4v) is 4.94. The Morgan fingerprint density at radius 3 is 2.54 bits per heavy atom. The molecular weight excluding hydrogens is 538 g/mol. The molecule has 2 aromatic carbocycles. The number of nitro benzene ring substituents is 1. The lowest BCUT2D eigenvalue weighted by molar-refractivity contribution is -0.384. The molecule has 1 aliphatic rings. The van der Waals surface area contributed by atoms with E-state index in [1.807, 2.05) is 24.3 Å². The molecule has 0 saturated carbocycles. The Hall–Kier alpha value is -4.18. The van der Waals surface area contributed by atoms with Crippen LogP contribution < -0.4 is 5.32 Å². The average Bonchev–Trinajstić information content (AvgIpc) is 2.93. The molecule has 5 rings (SSSR count). The SMILES string of the molecule is O=C(c1cccc(Nc2c(C(=O)N3CCCCC3)cc(Br)cc2[N+](=O)[O-])n1)c1cncc2ccccc12. The smallest absolute Gasteiger partial charge is 0.294 e. The van der Waals surface area contributed by atoms with Gasteiger partial charge in [0, 0.05) is 41.4 Å². The highest BCUT2D eigenvalue weighted by Gasteiger charge is 2.28. The number of rotatable bonds is 6. The van der Waals surface area contributed by atoms with Crippen LogP contribution in [0.25, 0.3) is 10.8 Å². The van der Waals surface area contributed by atoms with Crippen molar-refractivity contribution in [2.24, 2.45) is 0 Å². The normalized spacial score (nSPS) is 13.4. The summed E-state index contributed by atoms with van der Waals surface area (Å²) in [6.45, 7) is 1.19. The van der Waals surface area contributed by atoms with Gasteiger partial charge in [-0.25, -0.2) is 4.98 Å². The number of ketones is 1. The number of amides is 1. The van der Waals surface area contributed by atoms with Gasteiger partial charge in [0.2, 0.25) is 5.78 Å². The van der Waals surface area contributed by atoms with Gasteiger partial charge in [0.05, 0.1) is 16.1 Å². The summed E-state index contributed by atoms with van der Waals surface area (Å²) in [5.41, 5.74) is 0.476. The van der Waals surface area contributed by atoms with Gasteiger partial charge >= 0.3 is 0 Å². The number of halogens is 1. The van der Waals surface area contributed by atoms with Crippen molar-refractivity contribution in [3.63, 3.8) is 0 Å². The van der Waals surface area contributed by atoms with E-state index in [0.717, 1.165) is 30.0 Å². The third-order valence-electron chi connectivity index (χ3n) is 6.30. The quantitative estimate of drug-likeness (QED) is 0.177. The van der Waals surface area contributed by atoms with E-state index in [2.05, 4.69) is 31.2 Å². The number of fused-ring (bicyclic) bond motifs is 1. The summed E-state index contributed by atoms with van der Waals surface area (Å²) in [5.74, 6) is -0.416. The molecule has 0 spiro atoms. The van der Waals surface area contributed by atoms with E-state index < -0.39 is 4.92 Å². The lowest BCUT2D eigenvalue weighted by Crippen LogP contribution is -2.36. The Morgan fingerprint density at radius 2 is 1.76 bits per heavy atom. The molecule has 1 saturated heterocycles. The largest absolute Gasteiger partial charge is 0.339 e. The Morgan fingerprint density at radius 1 is 0.973 bits per heavy atom. The topological polar surface area (TPSA) is 118 Å². The Bertz CT molecular complexity index is 1530. The Kier molecular flexibility index (Phi) is 6.91. The number of benzene rings is 2. The summed E-state index contributed by atoms with van der Waals surface area (Å²) in [6, 6.07) is 15.2. The van der Waals surface area contributed by atoms with Crippen LogP contribution in [0, 0.1) is 10.1 Å². The van der Waals surface area contributed by atoms with Crippen molar-refractivity contribution in [3.8, 4) is 0 Å². The molecule has 2 aromatic heterocycles. The van der Waals surface area contributed by atoms with E-state index in [9.17, 15) is 19.7 Å². The molecule has 0 atom stereocenters. The predicted octanol–water partition coefficient (Wildman–Crippen LogP) is 5.90. The van der Waals surface area contributed by atoms with Gasteiger partial charge in [-0.05, 0) is 42.8 Å². The minimum absolute atomic E-state index is 0.0349. The number of aromatic nitrogens is 2. The number of carbonyl (C=O) groups excluding carboxylic acids is 2. The molecule has 0 radical (unpaired) electrons. The number of pyridine rings is 2. The second kappa shape index (κ2) is 10.4. The molecule has 0 bridgehead atoms. The summed E-state index contributed by atoms with van der Waals surface area (Å²) >= 11 is 3.30. The van der Waals surface area contributed by atoms with Crippen LogP contribution in [0.4, 0.5) is 17.2 Å². The van der Waals surface area contributed by atoms with Gasteiger partial charge in [-0.2, -0.15) is 0 Å². The van der Waals surface area contributed by atoms with Crippen LogP contribution >= 0.6 is 15.9 Å². The molecule has 37 heavy (non-hydrogen) atoms. The molecule has 1 aliphatic heterocycles. The molecule has 1 fully saturated rings. The first-order chi connectivity index (χ1) is 17.9. The summed E-state index contributed by atoms with van der Waals surface area (Å²) < 4.78 is 0.422. The van der Waals surface area contributed by atoms with Gasteiger partial charge in [0.1, 0.15) is 17.2 Å². The monoisotopic (exact) mass is 559 g/mol.